The monoisotopic (exact) mass is 232 g/mol. The van der Waals surface area contributed by atoms with Crippen molar-refractivity contribution in [1.29, 1.82) is 0 Å². The lowest BCUT2D eigenvalue weighted by Gasteiger charge is -1.90. The molecule has 0 fully saturated rings. The molecule has 0 atom stereocenters. The van der Waals surface area contributed by atoms with Crippen molar-refractivity contribution in [3.63, 3.8) is 0 Å². The zero-order valence-electron chi connectivity index (χ0n) is 8.21. The van der Waals surface area contributed by atoms with Crippen LogP contribution in [-0.4, -0.2) is 14.8 Å². The number of halogens is 1. The molecule has 2 rings (SSSR count). The fraction of sp³-hybridized carbons (Fsp3) is 0. The van der Waals surface area contributed by atoms with Crippen molar-refractivity contribution in [3.05, 3.63) is 28.4 Å². The highest BCUT2D eigenvalue weighted by atomic mass is 79.9. The zero-order chi connectivity index (χ0) is 10.3. The summed E-state index contributed by atoms with van der Waals surface area (Å²) in [6.45, 7) is 0. The molecule has 11 heavy (non-hydrogen) atoms. The minimum Gasteiger partial charge on any atom is -0.214 e. The van der Waals surface area contributed by atoms with Gasteiger partial charge in [-0.2, -0.15) is 5.10 Å². The van der Waals surface area contributed by atoms with Gasteiger partial charge in [0, 0.05) is 17.7 Å². The third-order valence-electron chi connectivity index (χ3n) is 1.01. The second kappa shape index (κ2) is 2.75. The van der Waals surface area contributed by atoms with E-state index in [0.29, 0.717) is 9.73 Å². The van der Waals surface area contributed by atoms with Gasteiger partial charge in [0.05, 0.1) is 4.11 Å². The molecule has 2 aromatic rings. The Morgan fingerprint density at radius 3 is 3.18 bits per heavy atom. The Labute approximate surface area is 80.0 Å². The number of thiazole rings is 1. The molecule has 0 aliphatic carbocycles. The van der Waals surface area contributed by atoms with Crippen LogP contribution in [0.2, 0.25) is 0 Å². The highest BCUT2D eigenvalue weighted by Crippen LogP contribution is 2.17. The molecule has 2 heterocycles. The Balaban J connectivity index is 2.57. The Bertz CT molecular complexity index is 481. The maximum atomic E-state index is 7.51. The molecule has 0 saturated heterocycles. The molecular formula is C6H4BrN3S. The smallest absolute Gasteiger partial charge is 0.211 e. The molecule has 0 saturated carbocycles. The molecule has 0 unspecified atom stereocenters. The van der Waals surface area contributed by atoms with Crippen molar-refractivity contribution in [2.75, 3.05) is 0 Å². The predicted molar refractivity (Wildman–Crippen MR) is 46.9 cm³/mol. The zero-order valence-corrected chi connectivity index (χ0v) is 7.61. The van der Waals surface area contributed by atoms with Gasteiger partial charge < -0.3 is 0 Å². The van der Waals surface area contributed by atoms with E-state index in [1.807, 2.05) is 0 Å². The Hall–Kier alpha value is -0.680. The molecule has 0 radical (unpaired) electrons. The third-order valence-corrected chi connectivity index (χ3v) is 2.54. The van der Waals surface area contributed by atoms with E-state index >= 15 is 0 Å². The second-order valence-corrected chi connectivity index (χ2v) is 3.36. The Morgan fingerprint density at radius 2 is 2.64 bits per heavy atom. The number of hydrogen-bond acceptors (Lipinski definition) is 3. The summed E-state index contributed by atoms with van der Waals surface area (Å²) in [4.78, 5) is 4.05. The summed E-state index contributed by atoms with van der Waals surface area (Å²) in [7, 11) is 0. The maximum Gasteiger partial charge on any atom is 0.211 e. The molecule has 0 amide bonds. The minimum atomic E-state index is -0.207. The lowest BCUT2D eigenvalue weighted by molar-refractivity contribution is 0.867. The summed E-state index contributed by atoms with van der Waals surface area (Å²) in [5.41, 5.74) is 0. The Kier molecular flexibility index (Phi) is 1.09. The summed E-state index contributed by atoms with van der Waals surface area (Å²) in [6, 6.07) is -0.184. The predicted octanol–water partition coefficient (Wildman–Crippen LogP) is 2.09. The van der Waals surface area contributed by atoms with E-state index in [-0.39, 0.29) is 18.4 Å². The average Bonchev–Trinajstić information content (AvgIpc) is 2.66. The number of aromatic nitrogens is 3. The van der Waals surface area contributed by atoms with Gasteiger partial charge in [0.2, 0.25) is 5.13 Å². The van der Waals surface area contributed by atoms with Crippen molar-refractivity contribution in [2.45, 2.75) is 0 Å². The average molecular weight is 233 g/mol. The van der Waals surface area contributed by atoms with E-state index < -0.39 is 0 Å². The summed E-state index contributed by atoms with van der Waals surface area (Å²) in [5, 5.41) is 5.96. The molecule has 5 heteroatoms. The first-order valence-corrected chi connectivity index (χ1v) is 4.41. The normalized spacial score (nSPS) is 14.1. The Morgan fingerprint density at radius 1 is 1.73 bits per heavy atom. The van der Waals surface area contributed by atoms with Gasteiger partial charge >= 0.3 is 0 Å². The molecule has 0 N–H and O–H groups in total. The van der Waals surface area contributed by atoms with Gasteiger partial charge in [-0.05, 0) is 22.0 Å². The van der Waals surface area contributed by atoms with Crippen LogP contribution < -0.4 is 0 Å². The van der Waals surface area contributed by atoms with Crippen molar-refractivity contribution < 1.29 is 4.11 Å². The summed E-state index contributed by atoms with van der Waals surface area (Å²) < 4.78 is 23.9. The van der Waals surface area contributed by atoms with Gasteiger partial charge in [-0.15, -0.1) is 11.3 Å². The van der Waals surface area contributed by atoms with Gasteiger partial charge in [-0.25, -0.2) is 9.67 Å². The van der Waals surface area contributed by atoms with Crippen LogP contribution in [0.1, 0.15) is 4.11 Å². The van der Waals surface area contributed by atoms with Crippen LogP contribution >= 0.6 is 27.3 Å². The first-order valence-electron chi connectivity index (χ1n) is 4.24. The topological polar surface area (TPSA) is 30.7 Å². The van der Waals surface area contributed by atoms with E-state index in [2.05, 4.69) is 26.0 Å². The maximum absolute atomic E-state index is 7.51. The largest absolute Gasteiger partial charge is 0.214 e. The lowest BCUT2D eigenvalue weighted by atomic mass is 10.8. The van der Waals surface area contributed by atoms with Crippen LogP contribution in [0.4, 0.5) is 0 Å². The minimum absolute atomic E-state index is 0.114. The summed E-state index contributed by atoms with van der Waals surface area (Å²) in [5.74, 6) is 0. The fourth-order valence-corrected chi connectivity index (χ4v) is 1.77. The fourth-order valence-electron chi connectivity index (χ4n) is 0.611. The van der Waals surface area contributed by atoms with Gasteiger partial charge in [0.1, 0.15) is 4.60 Å². The van der Waals surface area contributed by atoms with Crippen LogP contribution in [0.25, 0.3) is 5.13 Å². The van der Waals surface area contributed by atoms with Crippen molar-refractivity contribution >= 4 is 27.3 Å². The van der Waals surface area contributed by atoms with E-state index in [4.69, 9.17) is 4.11 Å². The molecule has 3 nitrogen and oxygen atoms in total. The molecular weight excluding hydrogens is 226 g/mol. The SMILES string of the molecule is [2H]c1nn(-c2nc(Br)cs2)c([2H])c1[2H]. The quantitative estimate of drug-likeness (QED) is 0.755. The molecule has 0 spiro atoms. The second-order valence-electron chi connectivity index (χ2n) is 1.71. The highest BCUT2D eigenvalue weighted by Gasteiger charge is 1.99. The highest BCUT2D eigenvalue weighted by molar-refractivity contribution is 9.10. The van der Waals surface area contributed by atoms with Gasteiger partial charge in [0.15, 0.2) is 0 Å². The standard InChI is InChI=1S/C6H4BrN3S/c7-5-4-11-6(9-5)10-3-1-2-8-10/h1-4H/i1D,2D,3D. The van der Waals surface area contributed by atoms with Crippen LogP contribution in [0.3, 0.4) is 0 Å². The van der Waals surface area contributed by atoms with Gasteiger partial charge in [-0.3, -0.25) is 0 Å². The van der Waals surface area contributed by atoms with E-state index in [1.54, 1.807) is 5.38 Å². The molecule has 2 aromatic heterocycles. The summed E-state index contributed by atoms with van der Waals surface area (Å²) >= 11 is 4.48. The molecule has 56 valence electrons. The van der Waals surface area contributed by atoms with Gasteiger partial charge in [0.25, 0.3) is 0 Å². The van der Waals surface area contributed by atoms with Crippen LogP contribution in [0, 0.1) is 0 Å². The van der Waals surface area contributed by atoms with Crippen molar-refractivity contribution in [1.82, 2.24) is 14.8 Å². The summed E-state index contributed by atoms with van der Waals surface area (Å²) in [6.07, 6.45) is -0.321. The van der Waals surface area contributed by atoms with Crippen molar-refractivity contribution in [2.24, 2.45) is 0 Å². The number of hydrogen-bond donors (Lipinski definition) is 0. The van der Waals surface area contributed by atoms with E-state index in [1.165, 1.54) is 16.0 Å². The molecule has 0 aromatic carbocycles. The van der Waals surface area contributed by atoms with Gasteiger partial charge in [-0.1, -0.05) is 0 Å². The van der Waals surface area contributed by atoms with E-state index in [9.17, 15) is 0 Å². The van der Waals surface area contributed by atoms with E-state index in [0.717, 1.165) is 0 Å². The van der Waals surface area contributed by atoms with Crippen LogP contribution in [-0.2, 0) is 0 Å². The molecule has 0 bridgehead atoms. The number of nitrogens with zero attached hydrogens (tertiary/aromatic N) is 3. The van der Waals surface area contributed by atoms with Crippen LogP contribution in [0.5, 0.6) is 0 Å². The van der Waals surface area contributed by atoms with Crippen molar-refractivity contribution in [3.8, 4) is 5.13 Å². The first-order chi connectivity index (χ1) is 6.59. The third kappa shape index (κ3) is 1.34. The molecule has 0 aliphatic heterocycles. The lowest BCUT2D eigenvalue weighted by Crippen LogP contribution is -1.91. The number of rotatable bonds is 1. The van der Waals surface area contributed by atoms with Crippen LogP contribution in [0.15, 0.2) is 28.4 Å². The molecule has 0 aliphatic rings. The first kappa shape index (κ1) is 4.37.